The van der Waals surface area contributed by atoms with Gasteiger partial charge in [-0.25, -0.2) is 4.68 Å². The van der Waals surface area contributed by atoms with Crippen molar-refractivity contribution in [3.8, 4) is 28.5 Å². The number of aryl methyl sites for hydroxylation is 1. The third-order valence-electron chi connectivity index (χ3n) is 4.10. The third-order valence-corrected chi connectivity index (χ3v) is 4.89. The molecule has 0 saturated carbocycles. The summed E-state index contributed by atoms with van der Waals surface area (Å²) in [6.45, 7) is 1.96. The van der Waals surface area contributed by atoms with Crippen molar-refractivity contribution < 1.29 is 0 Å². The number of hydrogen-bond donors (Lipinski definition) is 0. The van der Waals surface area contributed by atoms with Crippen molar-refractivity contribution >= 4 is 34.8 Å². The fraction of sp³-hybridized carbons (Fsp3) is 0.111. The number of aromatic nitrogens is 6. The van der Waals surface area contributed by atoms with Gasteiger partial charge in [0.05, 0.1) is 23.5 Å². The SMILES string of the molecule is Cc1c(-c2nnn(C)n2)nn(-c2ccc(Cl)cc2Cl)c1-c1ccc(Cl)cc1. The minimum Gasteiger partial charge on any atom is -0.231 e. The average molecular weight is 420 g/mol. The lowest BCUT2D eigenvalue weighted by Gasteiger charge is -2.11. The van der Waals surface area contributed by atoms with E-state index in [0.717, 1.165) is 16.8 Å². The molecule has 6 nitrogen and oxygen atoms in total. The topological polar surface area (TPSA) is 61.4 Å². The van der Waals surface area contributed by atoms with E-state index in [4.69, 9.17) is 39.9 Å². The summed E-state index contributed by atoms with van der Waals surface area (Å²) in [5.41, 5.74) is 4.02. The van der Waals surface area contributed by atoms with Gasteiger partial charge in [0.1, 0.15) is 5.69 Å². The molecule has 27 heavy (non-hydrogen) atoms. The van der Waals surface area contributed by atoms with Crippen LogP contribution in [-0.2, 0) is 7.05 Å². The van der Waals surface area contributed by atoms with Crippen molar-refractivity contribution in [1.29, 1.82) is 0 Å². The van der Waals surface area contributed by atoms with Crippen LogP contribution in [0.1, 0.15) is 5.56 Å². The normalized spacial score (nSPS) is 11.1. The Hall–Kier alpha value is -2.41. The van der Waals surface area contributed by atoms with Crippen molar-refractivity contribution in [3.05, 3.63) is 63.1 Å². The van der Waals surface area contributed by atoms with Gasteiger partial charge in [0.25, 0.3) is 0 Å². The van der Waals surface area contributed by atoms with Gasteiger partial charge in [0.15, 0.2) is 0 Å². The summed E-state index contributed by atoms with van der Waals surface area (Å²) in [5, 5.41) is 18.7. The van der Waals surface area contributed by atoms with E-state index in [-0.39, 0.29) is 0 Å². The third kappa shape index (κ3) is 3.32. The summed E-state index contributed by atoms with van der Waals surface area (Å²) < 4.78 is 1.77. The smallest absolute Gasteiger partial charge is 0.225 e. The highest BCUT2D eigenvalue weighted by atomic mass is 35.5. The maximum atomic E-state index is 6.45. The molecule has 0 N–H and O–H groups in total. The van der Waals surface area contributed by atoms with E-state index in [1.54, 1.807) is 23.9 Å². The van der Waals surface area contributed by atoms with E-state index in [9.17, 15) is 0 Å². The van der Waals surface area contributed by atoms with Crippen LogP contribution < -0.4 is 0 Å². The zero-order valence-corrected chi connectivity index (χ0v) is 16.6. The highest BCUT2D eigenvalue weighted by molar-refractivity contribution is 6.35. The molecule has 0 radical (unpaired) electrons. The quantitative estimate of drug-likeness (QED) is 0.469. The second kappa shape index (κ2) is 6.96. The molecule has 4 aromatic rings. The first-order valence-corrected chi connectivity index (χ1v) is 9.13. The Morgan fingerprint density at radius 2 is 1.59 bits per heavy atom. The molecule has 136 valence electrons. The van der Waals surface area contributed by atoms with Crippen LogP contribution in [0.4, 0.5) is 0 Å². The number of benzene rings is 2. The molecule has 0 atom stereocenters. The highest BCUT2D eigenvalue weighted by Gasteiger charge is 2.22. The molecule has 0 spiro atoms. The molecule has 0 bridgehead atoms. The maximum Gasteiger partial charge on any atom is 0.225 e. The van der Waals surface area contributed by atoms with Crippen LogP contribution in [0.2, 0.25) is 15.1 Å². The predicted molar refractivity (Wildman–Crippen MR) is 107 cm³/mol. The van der Waals surface area contributed by atoms with Crippen molar-refractivity contribution in [2.75, 3.05) is 0 Å². The summed E-state index contributed by atoms with van der Waals surface area (Å²) >= 11 is 18.6. The maximum absolute atomic E-state index is 6.45. The lowest BCUT2D eigenvalue weighted by atomic mass is 10.1. The fourth-order valence-corrected chi connectivity index (χ4v) is 3.48. The summed E-state index contributed by atoms with van der Waals surface area (Å²) in [5.74, 6) is 0.439. The van der Waals surface area contributed by atoms with E-state index in [2.05, 4.69) is 15.4 Å². The second-order valence-electron chi connectivity index (χ2n) is 5.94. The van der Waals surface area contributed by atoms with E-state index in [1.165, 1.54) is 4.80 Å². The predicted octanol–water partition coefficient (Wildman–Crippen LogP) is 5.00. The Morgan fingerprint density at radius 1 is 0.889 bits per heavy atom. The summed E-state index contributed by atoms with van der Waals surface area (Å²) in [6.07, 6.45) is 0. The summed E-state index contributed by atoms with van der Waals surface area (Å²) in [6, 6.07) is 12.8. The molecular formula is C18H13Cl3N6. The number of rotatable bonds is 3. The van der Waals surface area contributed by atoms with Crippen LogP contribution in [0.15, 0.2) is 42.5 Å². The van der Waals surface area contributed by atoms with Gasteiger partial charge in [0.2, 0.25) is 5.82 Å². The Bertz CT molecular complexity index is 1130. The first-order chi connectivity index (χ1) is 12.9. The molecule has 2 aromatic heterocycles. The van der Waals surface area contributed by atoms with Gasteiger partial charge in [-0.15, -0.1) is 10.2 Å². The Labute approximate surface area is 170 Å². The fourth-order valence-electron chi connectivity index (χ4n) is 2.86. The van der Waals surface area contributed by atoms with Gasteiger partial charge in [-0.2, -0.15) is 9.90 Å². The van der Waals surface area contributed by atoms with Crippen LogP contribution in [-0.4, -0.2) is 30.0 Å². The van der Waals surface area contributed by atoms with E-state index >= 15 is 0 Å². The Morgan fingerprint density at radius 3 is 2.22 bits per heavy atom. The minimum absolute atomic E-state index is 0.439. The number of nitrogens with zero attached hydrogens (tertiary/aromatic N) is 6. The molecule has 0 fully saturated rings. The first kappa shape index (κ1) is 18.0. The van der Waals surface area contributed by atoms with Gasteiger partial charge in [-0.05, 0) is 42.5 Å². The molecule has 4 rings (SSSR count). The molecule has 0 saturated heterocycles. The molecule has 0 aliphatic carbocycles. The molecule has 0 aliphatic rings. The van der Waals surface area contributed by atoms with E-state index < -0.39 is 0 Å². The molecule has 0 unspecified atom stereocenters. The second-order valence-corrected chi connectivity index (χ2v) is 7.22. The molecule has 0 aliphatic heterocycles. The lowest BCUT2D eigenvalue weighted by molar-refractivity contribution is 0.630. The van der Waals surface area contributed by atoms with Gasteiger partial charge in [-0.3, -0.25) is 0 Å². The highest BCUT2D eigenvalue weighted by Crippen LogP contribution is 2.35. The van der Waals surface area contributed by atoms with Gasteiger partial charge in [-0.1, -0.05) is 46.9 Å². The standard InChI is InChI=1S/C18H13Cl3N6/c1-10-16(18-22-25-26(2)24-18)23-27(15-8-7-13(20)9-14(15)21)17(10)11-3-5-12(19)6-4-11/h3-9H,1-2H3. The molecule has 9 heteroatoms. The molecular weight excluding hydrogens is 407 g/mol. The lowest BCUT2D eigenvalue weighted by Crippen LogP contribution is -2.00. The summed E-state index contributed by atoms with van der Waals surface area (Å²) in [7, 11) is 1.71. The Balaban J connectivity index is 1.99. The average Bonchev–Trinajstić information content (AvgIpc) is 3.19. The van der Waals surface area contributed by atoms with Crippen LogP contribution in [0.25, 0.3) is 28.5 Å². The van der Waals surface area contributed by atoms with Gasteiger partial charge < -0.3 is 0 Å². The van der Waals surface area contributed by atoms with Crippen molar-refractivity contribution in [1.82, 2.24) is 30.0 Å². The molecule has 0 amide bonds. The number of halogens is 3. The Kier molecular flexibility index (Phi) is 4.63. The molecule has 2 aromatic carbocycles. The number of tetrazole rings is 1. The molecule has 2 heterocycles. The van der Waals surface area contributed by atoms with Crippen molar-refractivity contribution in [3.63, 3.8) is 0 Å². The first-order valence-electron chi connectivity index (χ1n) is 7.99. The monoisotopic (exact) mass is 418 g/mol. The van der Waals surface area contributed by atoms with Crippen LogP contribution in [0.3, 0.4) is 0 Å². The summed E-state index contributed by atoms with van der Waals surface area (Å²) in [4.78, 5) is 1.39. The van der Waals surface area contributed by atoms with Crippen molar-refractivity contribution in [2.45, 2.75) is 6.92 Å². The van der Waals surface area contributed by atoms with Crippen LogP contribution in [0.5, 0.6) is 0 Å². The number of hydrogen-bond acceptors (Lipinski definition) is 4. The van der Waals surface area contributed by atoms with Crippen LogP contribution >= 0.6 is 34.8 Å². The van der Waals surface area contributed by atoms with E-state index in [1.807, 2.05) is 37.3 Å². The van der Waals surface area contributed by atoms with Gasteiger partial charge in [0, 0.05) is 21.2 Å². The zero-order chi connectivity index (χ0) is 19.1. The van der Waals surface area contributed by atoms with E-state index in [0.29, 0.717) is 32.3 Å². The van der Waals surface area contributed by atoms with Gasteiger partial charge >= 0.3 is 0 Å². The largest absolute Gasteiger partial charge is 0.231 e. The van der Waals surface area contributed by atoms with Crippen molar-refractivity contribution in [2.24, 2.45) is 7.05 Å². The van der Waals surface area contributed by atoms with Crippen LogP contribution in [0, 0.1) is 6.92 Å². The minimum atomic E-state index is 0.439. The zero-order valence-electron chi connectivity index (χ0n) is 14.4.